The molecule has 0 saturated carbocycles. The molecule has 0 spiro atoms. The summed E-state index contributed by atoms with van der Waals surface area (Å²) in [5.41, 5.74) is 0. The van der Waals surface area contributed by atoms with Gasteiger partial charge in [0.1, 0.15) is 11.9 Å². The number of rotatable bonds is 6. The molecule has 5 nitrogen and oxygen atoms in total. The number of carbonyl (C=O) groups excluding carboxylic acids is 1. The van der Waals surface area contributed by atoms with Crippen LogP contribution in [-0.2, 0) is 18.3 Å². The lowest BCUT2D eigenvalue weighted by molar-refractivity contribution is -0.134. The number of aromatic nitrogens is 2. The molecule has 2 unspecified atom stereocenters. The number of nitrogens with zero attached hydrogens (tertiary/aromatic N) is 3. The first-order chi connectivity index (χ1) is 11.6. The number of aliphatic hydroxyl groups excluding tert-OH is 1. The number of aliphatic hydroxyl groups is 1. The van der Waals surface area contributed by atoms with E-state index in [-0.39, 0.29) is 11.8 Å². The summed E-state index contributed by atoms with van der Waals surface area (Å²) in [5, 5.41) is 12.7. The van der Waals surface area contributed by atoms with Crippen LogP contribution < -0.4 is 0 Å². The quantitative estimate of drug-likeness (QED) is 0.874. The first kappa shape index (κ1) is 17.2. The molecule has 0 aromatic carbocycles. The molecule has 1 saturated heterocycles. The largest absolute Gasteiger partial charge is 0.385 e. The molecular formula is C18H25N3O2S. The van der Waals surface area contributed by atoms with Gasteiger partial charge in [0.2, 0.25) is 5.91 Å². The molecule has 6 heteroatoms. The van der Waals surface area contributed by atoms with Gasteiger partial charge in [0.05, 0.1) is 0 Å². The summed E-state index contributed by atoms with van der Waals surface area (Å²) >= 11 is 1.75. The minimum Gasteiger partial charge on any atom is -0.385 e. The third-order valence-electron chi connectivity index (χ3n) is 4.77. The summed E-state index contributed by atoms with van der Waals surface area (Å²) in [6.07, 6.45) is 7.27. The molecule has 2 aromatic heterocycles. The summed E-state index contributed by atoms with van der Waals surface area (Å²) in [6.45, 7) is 1.44. The van der Waals surface area contributed by atoms with Gasteiger partial charge in [-0.25, -0.2) is 4.98 Å². The Morgan fingerprint density at radius 2 is 2.42 bits per heavy atom. The second-order valence-electron chi connectivity index (χ2n) is 6.52. The maximum absolute atomic E-state index is 12.5. The number of thiophene rings is 1. The van der Waals surface area contributed by atoms with E-state index in [4.69, 9.17) is 0 Å². The zero-order chi connectivity index (χ0) is 16.9. The van der Waals surface area contributed by atoms with Crippen LogP contribution in [0, 0.1) is 5.92 Å². The van der Waals surface area contributed by atoms with E-state index in [0.717, 1.165) is 32.2 Å². The molecule has 1 aliphatic heterocycles. The molecule has 2 atom stereocenters. The van der Waals surface area contributed by atoms with Gasteiger partial charge in [-0.1, -0.05) is 6.07 Å². The van der Waals surface area contributed by atoms with Crippen molar-refractivity contribution in [2.75, 3.05) is 13.1 Å². The van der Waals surface area contributed by atoms with Gasteiger partial charge in [-0.3, -0.25) is 4.79 Å². The van der Waals surface area contributed by atoms with Crippen molar-refractivity contribution >= 4 is 17.2 Å². The Balaban J connectivity index is 1.51. The van der Waals surface area contributed by atoms with Crippen LogP contribution in [0.15, 0.2) is 29.9 Å². The number of aryl methyl sites for hydroxylation is 2. The van der Waals surface area contributed by atoms with Gasteiger partial charge >= 0.3 is 0 Å². The summed E-state index contributed by atoms with van der Waals surface area (Å²) in [6, 6.07) is 4.17. The van der Waals surface area contributed by atoms with Crippen LogP contribution in [0.25, 0.3) is 0 Å². The van der Waals surface area contributed by atoms with Gasteiger partial charge in [-0.2, -0.15) is 0 Å². The topological polar surface area (TPSA) is 58.4 Å². The van der Waals surface area contributed by atoms with E-state index in [1.807, 2.05) is 22.7 Å². The first-order valence-electron chi connectivity index (χ1n) is 8.60. The number of imidazole rings is 1. The summed E-state index contributed by atoms with van der Waals surface area (Å²) < 4.78 is 1.85. The highest BCUT2D eigenvalue weighted by Gasteiger charge is 2.30. The molecule has 0 radical (unpaired) electrons. The first-order valence-corrected chi connectivity index (χ1v) is 9.48. The van der Waals surface area contributed by atoms with Crippen LogP contribution in [0.1, 0.15) is 42.5 Å². The molecule has 0 aliphatic carbocycles. The van der Waals surface area contributed by atoms with Crippen molar-refractivity contribution in [2.45, 2.75) is 38.2 Å². The summed E-state index contributed by atoms with van der Waals surface area (Å²) in [7, 11) is 1.89. The number of hydrogen-bond donors (Lipinski definition) is 1. The Labute approximate surface area is 146 Å². The number of hydrogen-bond acceptors (Lipinski definition) is 4. The normalized spacial score (nSPS) is 19.4. The van der Waals surface area contributed by atoms with Crippen molar-refractivity contribution in [3.8, 4) is 0 Å². The van der Waals surface area contributed by atoms with Gasteiger partial charge in [0, 0.05) is 49.7 Å². The monoisotopic (exact) mass is 347 g/mol. The number of piperidine rings is 1. The van der Waals surface area contributed by atoms with E-state index in [1.54, 1.807) is 17.5 Å². The highest BCUT2D eigenvalue weighted by Crippen LogP contribution is 2.29. The Bertz CT molecular complexity index is 653. The fourth-order valence-corrected chi connectivity index (χ4v) is 4.15. The van der Waals surface area contributed by atoms with E-state index in [9.17, 15) is 9.90 Å². The molecule has 1 fully saturated rings. The fraction of sp³-hybridized carbons (Fsp3) is 0.556. The minimum atomic E-state index is -0.605. The molecule has 1 aliphatic rings. The van der Waals surface area contributed by atoms with Gasteiger partial charge in [0.15, 0.2) is 0 Å². The van der Waals surface area contributed by atoms with Crippen molar-refractivity contribution in [3.63, 3.8) is 0 Å². The summed E-state index contributed by atoms with van der Waals surface area (Å²) in [4.78, 5) is 20.0. The second kappa shape index (κ2) is 7.94. The average Bonchev–Trinajstić information content (AvgIpc) is 3.26. The predicted molar refractivity (Wildman–Crippen MR) is 94.7 cm³/mol. The zero-order valence-corrected chi connectivity index (χ0v) is 14.9. The van der Waals surface area contributed by atoms with Crippen molar-refractivity contribution in [1.82, 2.24) is 14.5 Å². The number of carbonyl (C=O) groups is 1. The Hall–Kier alpha value is -1.66. The molecular weight excluding hydrogens is 322 g/mol. The van der Waals surface area contributed by atoms with Crippen LogP contribution in [0.3, 0.4) is 0 Å². The SMILES string of the molecule is Cn1ccnc1C(O)C1CCCN(C(=O)CCCc2cccs2)C1. The van der Waals surface area contributed by atoms with Crippen molar-refractivity contribution in [2.24, 2.45) is 13.0 Å². The number of amides is 1. The van der Waals surface area contributed by atoms with Crippen molar-refractivity contribution in [3.05, 3.63) is 40.6 Å². The molecule has 3 heterocycles. The third-order valence-corrected chi connectivity index (χ3v) is 5.71. The van der Waals surface area contributed by atoms with Crippen LogP contribution in [0.5, 0.6) is 0 Å². The average molecular weight is 347 g/mol. The van der Waals surface area contributed by atoms with Crippen LogP contribution in [-0.4, -0.2) is 38.6 Å². The summed E-state index contributed by atoms with van der Waals surface area (Å²) in [5.74, 6) is 0.969. The lowest BCUT2D eigenvalue weighted by Crippen LogP contribution is -2.42. The molecule has 1 amide bonds. The van der Waals surface area contributed by atoms with Crippen LogP contribution >= 0.6 is 11.3 Å². The highest BCUT2D eigenvalue weighted by atomic mass is 32.1. The standard InChI is InChI=1S/C18H25N3O2S/c1-20-11-9-19-18(20)17(23)14-5-3-10-21(13-14)16(22)8-2-6-15-7-4-12-24-15/h4,7,9,11-12,14,17,23H,2-3,5-6,8,10,13H2,1H3. The van der Waals surface area contributed by atoms with Crippen molar-refractivity contribution in [1.29, 1.82) is 0 Å². The smallest absolute Gasteiger partial charge is 0.222 e. The zero-order valence-electron chi connectivity index (χ0n) is 14.1. The highest BCUT2D eigenvalue weighted by molar-refractivity contribution is 7.09. The van der Waals surface area contributed by atoms with E-state index in [0.29, 0.717) is 18.8 Å². The maximum atomic E-state index is 12.5. The lowest BCUT2D eigenvalue weighted by atomic mass is 9.91. The number of likely N-dealkylation sites (tertiary alicyclic amines) is 1. The van der Waals surface area contributed by atoms with E-state index >= 15 is 0 Å². The van der Waals surface area contributed by atoms with Gasteiger partial charge in [-0.05, 0) is 37.1 Å². The maximum Gasteiger partial charge on any atom is 0.222 e. The van der Waals surface area contributed by atoms with Crippen LogP contribution in [0.4, 0.5) is 0 Å². The molecule has 1 N–H and O–H groups in total. The Kier molecular flexibility index (Phi) is 5.68. The molecule has 24 heavy (non-hydrogen) atoms. The molecule has 0 bridgehead atoms. The van der Waals surface area contributed by atoms with Gasteiger partial charge < -0.3 is 14.6 Å². The van der Waals surface area contributed by atoms with E-state index in [2.05, 4.69) is 22.5 Å². The molecule has 2 aromatic rings. The van der Waals surface area contributed by atoms with E-state index in [1.165, 1.54) is 4.88 Å². The molecule has 3 rings (SSSR count). The van der Waals surface area contributed by atoms with Crippen LogP contribution in [0.2, 0.25) is 0 Å². The Morgan fingerprint density at radius 3 is 3.12 bits per heavy atom. The third kappa shape index (κ3) is 4.05. The van der Waals surface area contributed by atoms with Gasteiger partial charge in [-0.15, -0.1) is 11.3 Å². The van der Waals surface area contributed by atoms with Crippen molar-refractivity contribution < 1.29 is 9.90 Å². The second-order valence-corrected chi connectivity index (χ2v) is 7.55. The van der Waals surface area contributed by atoms with E-state index < -0.39 is 6.10 Å². The minimum absolute atomic E-state index is 0.0705. The fourth-order valence-electron chi connectivity index (χ4n) is 3.39. The molecule has 130 valence electrons. The Morgan fingerprint density at radius 1 is 1.54 bits per heavy atom. The lowest BCUT2D eigenvalue weighted by Gasteiger charge is -2.35. The predicted octanol–water partition coefficient (Wildman–Crippen LogP) is 2.78. The van der Waals surface area contributed by atoms with Gasteiger partial charge in [0.25, 0.3) is 0 Å².